The number of ketones is 1. The average Bonchev–Trinajstić information content (AvgIpc) is 3.39. The van der Waals surface area contributed by atoms with E-state index < -0.39 is 11.8 Å². The Bertz CT molecular complexity index is 1360. The Morgan fingerprint density at radius 2 is 1.86 bits per heavy atom. The van der Waals surface area contributed by atoms with E-state index >= 15 is 0 Å². The minimum absolute atomic E-state index is 0.00950. The minimum Gasteiger partial charge on any atom is -0.322 e. The number of carbonyl (C=O) groups excluding carboxylic acids is 2. The molecule has 0 saturated heterocycles. The predicted octanol–water partition coefficient (Wildman–Crippen LogP) is 6.87. The van der Waals surface area contributed by atoms with Gasteiger partial charge in [-0.3, -0.25) is 9.59 Å². The number of anilines is 1. The summed E-state index contributed by atoms with van der Waals surface area (Å²) in [5, 5.41) is 16.1. The first kappa shape index (κ1) is 24.9. The molecule has 1 amide bonds. The highest BCUT2D eigenvalue weighted by Crippen LogP contribution is 2.42. The quantitative estimate of drug-likeness (QED) is 0.360. The highest BCUT2D eigenvalue weighted by atomic mass is 35.5. The number of allylic oxidation sites excluding steroid dienone is 1. The van der Waals surface area contributed by atoms with Gasteiger partial charge in [0.15, 0.2) is 5.78 Å². The number of carbonyl (C=O) groups is 2. The Morgan fingerprint density at radius 1 is 1.11 bits per heavy atom. The molecule has 2 aromatic carbocycles. The molecule has 5 nitrogen and oxygen atoms in total. The van der Waals surface area contributed by atoms with E-state index in [1.807, 2.05) is 42.6 Å². The topological polar surface area (TPSA) is 82.3 Å². The lowest BCUT2D eigenvalue weighted by Crippen LogP contribution is -2.32. The van der Waals surface area contributed by atoms with Gasteiger partial charge in [-0.2, -0.15) is 5.26 Å². The first-order valence-corrected chi connectivity index (χ1v) is 13.1. The first-order valence-electron chi connectivity index (χ1n) is 10.9. The van der Waals surface area contributed by atoms with E-state index in [0.29, 0.717) is 31.9 Å². The van der Waals surface area contributed by atoms with Gasteiger partial charge >= 0.3 is 0 Å². The summed E-state index contributed by atoms with van der Waals surface area (Å²) in [7, 11) is 0. The smallest absolute Gasteiger partial charge is 0.254 e. The SMILES string of the molecule is CC1=C(C(=O)Nc2ccc(Cl)cc2)[C@H](c2ccccc2C)C(C#N)C(SCC(=O)c2cccs2)=N1. The molecule has 0 bridgehead atoms. The maximum Gasteiger partial charge on any atom is 0.254 e. The van der Waals surface area contributed by atoms with Crippen molar-refractivity contribution < 1.29 is 9.59 Å². The Balaban J connectivity index is 1.71. The molecule has 0 aliphatic carbocycles. The van der Waals surface area contributed by atoms with Crippen molar-refractivity contribution in [1.82, 2.24) is 0 Å². The normalized spacial score (nSPS) is 17.5. The highest BCUT2D eigenvalue weighted by molar-refractivity contribution is 8.14. The Labute approximate surface area is 217 Å². The van der Waals surface area contributed by atoms with Gasteiger partial charge in [0, 0.05) is 27.9 Å². The van der Waals surface area contributed by atoms with Crippen LogP contribution in [0.3, 0.4) is 0 Å². The van der Waals surface area contributed by atoms with Crippen LogP contribution in [0, 0.1) is 24.2 Å². The maximum absolute atomic E-state index is 13.5. The summed E-state index contributed by atoms with van der Waals surface area (Å²) in [4.78, 5) is 31.4. The first-order chi connectivity index (χ1) is 16.9. The number of nitrogens with zero attached hydrogens (tertiary/aromatic N) is 2. The maximum atomic E-state index is 13.5. The number of halogens is 1. The van der Waals surface area contributed by atoms with Gasteiger partial charge in [-0.25, -0.2) is 4.99 Å². The molecule has 1 unspecified atom stereocenters. The van der Waals surface area contributed by atoms with E-state index in [9.17, 15) is 14.9 Å². The summed E-state index contributed by atoms with van der Waals surface area (Å²) in [6.07, 6.45) is 0. The highest BCUT2D eigenvalue weighted by Gasteiger charge is 2.39. The standard InChI is InChI=1S/C27H22ClN3O2S2/c1-16-6-3-4-7-20(16)25-21(14-29)27(35-15-22(32)23-8-5-13-34-23)30-17(2)24(25)26(33)31-19-11-9-18(28)10-12-19/h3-13,21,25H,15H2,1-2H3,(H,31,33)/t21?,25-/m1/s1. The molecule has 35 heavy (non-hydrogen) atoms. The van der Waals surface area contributed by atoms with Crippen molar-refractivity contribution in [3.05, 3.63) is 98.3 Å². The summed E-state index contributed by atoms with van der Waals surface area (Å²) in [6, 6.07) is 20.6. The summed E-state index contributed by atoms with van der Waals surface area (Å²) in [5.74, 6) is -1.37. The van der Waals surface area contributed by atoms with Crippen LogP contribution >= 0.6 is 34.7 Å². The van der Waals surface area contributed by atoms with Gasteiger partial charge < -0.3 is 5.32 Å². The zero-order valence-electron chi connectivity index (χ0n) is 19.1. The van der Waals surface area contributed by atoms with Crippen LogP contribution in [0.5, 0.6) is 0 Å². The van der Waals surface area contributed by atoms with Crippen LogP contribution in [0.4, 0.5) is 5.69 Å². The molecule has 176 valence electrons. The molecular formula is C27H22ClN3O2S2. The monoisotopic (exact) mass is 519 g/mol. The van der Waals surface area contributed by atoms with Crippen LogP contribution in [0.2, 0.25) is 5.02 Å². The molecule has 4 rings (SSSR count). The number of aryl methyl sites for hydroxylation is 1. The third-order valence-electron chi connectivity index (χ3n) is 5.73. The van der Waals surface area contributed by atoms with E-state index in [4.69, 9.17) is 11.6 Å². The fraction of sp³-hybridized carbons (Fsp3) is 0.185. The number of thioether (sulfide) groups is 1. The summed E-state index contributed by atoms with van der Waals surface area (Å²) in [5.41, 5.74) is 3.43. The van der Waals surface area contributed by atoms with Gasteiger partial charge in [-0.15, -0.1) is 23.1 Å². The van der Waals surface area contributed by atoms with Crippen molar-refractivity contribution in [2.45, 2.75) is 19.8 Å². The lowest BCUT2D eigenvalue weighted by molar-refractivity contribution is -0.113. The largest absolute Gasteiger partial charge is 0.322 e. The van der Waals surface area contributed by atoms with Gasteiger partial charge in [-0.1, -0.05) is 41.9 Å². The van der Waals surface area contributed by atoms with Gasteiger partial charge in [-0.05, 0) is 60.7 Å². The molecule has 2 heterocycles. The van der Waals surface area contributed by atoms with Crippen LogP contribution in [0.25, 0.3) is 0 Å². The number of benzene rings is 2. The molecule has 0 spiro atoms. The third-order valence-corrected chi connectivity index (χ3v) is 7.94. The summed E-state index contributed by atoms with van der Waals surface area (Å²) in [6.45, 7) is 3.74. The average molecular weight is 520 g/mol. The van der Waals surface area contributed by atoms with Crippen LogP contribution in [0.1, 0.15) is 33.6 Å². The summed E-state index contributed by atoms with van der Waals surface area (Å²) < 4.78 is 0. The van der Waals surface area contributed by atoms with Crippen molar-refractivity contribution in [3.8, 4) is 6.07 Å². The van der Waals surface area contributed by atoms with E-state index in [1.54, 1.807) is 37.3 Å². The van der Waals surface area contributed by atoms with E-state index in [2.05, 4.69) is 16.4 Å². The van der Waals surface area contributed by atoms with Crippen molar-refractivity contribution >= 4 is 57.1 Å². The number of aliphatic imine (C=N–C) groups is 1. The number of nitriles is 1. The van der Waals surface area contributed by atoms with Crippen molar-refractivity contribution in [2.24, 2.45) is 10.9 Å². The number of amides is 1. The number of hydrogen-bond acceptors (Lipinski definition) is 6. The molecule has 0 radical (unpaired) electrons. The van der Waals surface area contributed by atoms with Crippen LogP contribution in [-0.4, -0.2) is 22.5 Å². The lowest BCUT2D eigenvalue weighted by Gasteiger charge is -2.31. The van der Waals surface area contributed by atoms with Gasteiger partial charge in [0.05, 0.1) is 21.7 Å². The van der Waals surface area contributed by atoms with Crippen LogP contribution in [-0.2, 0) is 4.79 Å². The second-order valence-electron chi connectivity index (χ2n) is 8.04. The van der Waals surface area contributed by atoms with Crippen molar-refractivity contribution in [3.63, 3.8) is 0 Å². The molecule has 2 atom stereocenters. The number of hydrogen-bond donors (Lipinski definition) is 1. The number of rotatable bonds is 6. The van der Waals surface area contributed by atoms with Crippen LogP contribution < -0.4 is 5.32 Å². The second kappa shape index (κ2) is 11.0. The number of Topliss-reactive ketones (excluding diaryl/α,β-unsaturated/α-hetero) is 1. The lowest BCUT2D eigenvalue weighted by atomic mass is 9.77. The molecule has 0 fully saturated rings. The molecule has 3 aromatic rings. The molecule has 1 N–H and O–H groups in total. The third kappa shape index (κ3) is 5.57. The fourth-order valence-electron chi connectivity index (χ4n) is 4.04. The molecular weight excluding hydrogens is 498 g/mol. The van der Waals surface area contributed by atoms with Crippen LogP contribution in [0.15, 0.2) is 82.3 Å². The summed E-state index contributed by atoms with van der Waals surface area (Å²) >= 11 is 8.64. The van der Waals surface area contributed by atoms with Crippen molar-refractivity contribution in [1.29, 1.82) is 5.26 Å². The number of thiophene rings is 1. The molecule has 1 aromatic heterocycles. The van der Waals surface area contributed by atoms with Gasteiger partial charge in [0.25, 0.3) is 5.91 Å². The van der Waals surface area contributed by atoms with Gasteiger partial charge in [0.2, 0.25) is 0 Å². The van der Waals surface area contributed by atoms with E-state index in [-0.39, 0.29) is 17.4 Å². The molecule has 1 aliphatic heterocycles. The molecule has 0 saturated carbocycles. The van der Waals surface area contributed by atoms with E-state index in [0.717, 1.165) is 11.1 Å². The zero-order valence-corrected chi connectivity index (χ0v) is 21.5. The Morgan fingerprint density at radius 3 is 2.51 bits per heavy atom. The van der Waals surface area contributed by atoms with Crippen molar-refractivity contribution in [2.75, 3.05) is 11.1 Å². The van der Waals surface area contributed by atoms with Gasteiger partial charge in [0.1, 0.15) is 5.92 Å². The second-order valence-corrected chi connectivity index (χ2v) is 10.4. The zero-order chi connectivity index (χ0) is 24.9. The Hall–Kier alpha value is -3.18. The molecule has 1 aliphatic rings. The Kier molecular flexibility index (Phi) is 7.86. The predicted molar refractivity (Wildman–Crippen MR) is 144 cm³/mol. The molecule has 8 heteroatoms. The number of nitrogens with one attached hydrogen (secondary N) is 1. The fourth-order valence-corrected chi connectivity index (χ4v) is 5.92. The van der Waals surface area contributed by atoms with E-state index in [1.165, 1.54) is 23.1 Å². The minimum atomic E-state index is -0.702.